The van der Waals surface area contributed by atoms with Gasteiger partial charge in [-0.05, 0) is 94.0 Å². The van der Waals surface area contributed by atoms with E-state index in [1.54, 1.807) is 26.4 Å². The smallest absolute Gasteiger partial charge is 0.255 e. The molecule has 204 valence electrons. The molecule has 0 fully saturated rings. The molecule has 0 spiro atoms. The molecule has 0 saturated carbocycles. The molecule has 0 radical (unpaired) electrons. The van der Waals surface area contributed by atoms with Crippen LogP contribution in [0.25, 0.3) is 21.5 Å². The number of amides is 1. The Morgan fingerprint density at radius 1 is 0.825 bits per heavy atom. The average Bonchev–Trinajstić information content (AvgIpc) is 2.98. The van der Waals surface area contributed by atoms with E-state index in [-0.39, 0.29) is 5.91 Å². The molecular formula is C34H32BrNO4. The summed E-state index contributed by atoms with van der Waals surface area (Å²) in [6, 6.07) is 32.4. The van der Waals surface area contributed by atoms with Gasteiger partial charge < -0.3 is 19.5 Å². The highest BCUT2D eigenvalue weighted by molar-refractivity contribution is 9.10. The standard InChI is InChI=1S/C34H32BrNO4/c1-38-33(39-2)22-26-21-28(17-18-32(26)36-34(37)23-13-15-27(35)16-14-23)40-19-7-12-31-29-10-5-3-8-24(29)20-25-9-4-6-11-30(25)31/h3-6,8-11,13-18,20-21,33H,7,12,19,22H2,1-2H3,(H,36,37). The minimum absolute atomic E-state index is 0.184. The van der Waals surface area contributed by atoms with Crippen molar-refractivity contribution in [3.05, 3.63) is 118 Å². The van der Waals surface area contributed by atoms with Gasteiger partial charge in [0.15, 0.2) is 6.29 Å². The lowest BCUT2D eigenvalue weighted by Gasteiger charge is -2.18. The third-order valence-electron chi connectivity index (χ3n) is 7.07. The quantitative estimate of drug-likeness (QED) is 0.0947. The van der Waals surface area contributed by atoms with Crippen LogP contribution < -0.4 is 10.1 Å². The maximum absolute atomic E-state index is 12.9. The molecule has 0 heterocycles. The van der Waals surface area contributed by atoms with E-state index in [1.807, 2.05) is 30.3 Å². The third-order valence-corrected chi connectivity index (χ3v) is 7.60. The number of carbonyl (C=O) groups excluding carboxylic acids is 1. The van der Waals surface area contributed by atoms with Gasteiger partial charge in [-0.2, -0.15) is 0 Å². The van der Waals surface area contributed by atoms with Gasteiger partial charge in [0, 0.05) is 36.4 Å². The van der Waals surface area contributed by atoms with Gasteiger partial charge in [-0.15, -0.1) is 0 Å². The van der Waals surface area contributed by atoms with E-state index < -0.39 is 6.29 Å². The predicted octanol–water partition coefficient (Wildman–Crippen LogP) is 8.18. The molecule has 0 unspecified atom stereocenters. The van der Waals surface area contributed by atoms with Crippen LogP contribution in [0.4, 0.5) is 5.69 Å². The van der Waals surface area contributed by atoms with Gasteiger partial charge in [0.1, 0.15) is 5.75 Å². The maximum Gasteiger partial charge on any atom is 0.255 e. The number of rotatable bonds is 11. The Bertz CT molecular complexity index is 1560. The summed E-state index contributed by atoms with van der Waals surface area (Å²) in [5.41, 5.74) is 3.50. The monoisotopic (exact) mass is 597 g/mol. The highest BCUT2D eigenvalue weighted by atomic mass is 79.9. The topological polar surface area (TPSA) is 56.8 Å². The first-order valence-electron chi connectivity index (χ1n) is 13.3. The van der Waals surface area contributed by atoms with E-state index in [4.69, 9.17) is 14.2 Å². The van der Waals surface area contributed by atoms with Crippen molar-refractivity contribution in [1.82, 2.24) is 0 Å². The van der Waals surface area contributed by atoms with Crippen LogP contribution in [0, 0.1) is 0 Å². The van der Waals surface area contributed by atoms with Gasteiger partial charge in [0.05, 0.1) is 6.61 Å². The summed E-state index contributed by atoms with van der Waals surface area (Å²) < 4.78 is 18.0. The first-order chi connectivity index (χ1) is 19.6. The van der Waals surface area contributed by atoms with Gasteiger partial charge in [-0.25, -0.2) is 0 Å². The van der Waals surface area contributed by atoms with Crippen molar-refractivity contribution in [2.45, 2.75) is 25.6 Å². The minimum atomic E-state index is -0.446. The molecule has 5 nitrogen and oxygen atoms in total. The van der Waals surface area contributed by atoms with Crippen LogP contribution in [0.1, 0.15) is 27.9 Å². The number of hydrogen-bond donors (Lipinski definition) is 1. The van der Waals surface area contributed by atoms with Crippen molar-refractivity contribution in [2.24, 2.45) is 0 Å². The Balaban J connectivity index is 1.30. The summed E-state index contributed by atoms with van der Waals surface area (Å²) in [7, 11) is 3.21. The number of aryl methyl sites for hydroxylation is 1. The Morgan fingerprint density at radius 3 is 2.12 bits per heavy atom. The van der Waals surface area contributed by atoms with Crippen LogP contribution in [0.2, 0.25) is 0 Å². The first kappa shape index (κ1) is 27.8. The van der Waals surface area contributed by atoms with Crippen molar-refractivity contribution in [3.63, 3.8) is 0 Å². The second-order valence-electron chi connectivity index (χ2n) is 9.63. The van der Waals surface area contributed by atoms with Gasteiger partial charge in [0.25, 0.3) is 5.91 Å². The lowest BCUT2D eigenvalue weighted by molar-refractivity contribution is -0.100. The second-order valence-corrected chi connectivity index (χ2v) is 10.6. The zero-order chi connectivity index (χ0) is 27.9. The Labute approximate surface area is 243 Å². The SMILES string of the molecule is COC(Cc1cc(OCCCc2c3ccccc3cc3ccccc23)ccc1NC(=O)c1ccc(Br)cc1)OC. The van der Waals surface area contributed by atoms with Crippen molar-refractivity contribution in [3.8, 4) is 5.75 Å². The minimum Gasteiger partial charge on any atom is -0.494 e. The van der Waals surface area contributed by atoms with Crippen LogP contribution in [0.5, 0.6) is 5.75 Å². The number of carbonyl (C=O) groups is 1. The van der Waals surface area contributed by atoms with Crippen molar-refractivity contribution >= 4 is 49.1 Å². The molecule has 5 aromatic rings. The summed E-state index contributed by atoms with van der Waals surface area (Å²) in [6.07, 6.45) is 1.79. The largest absolute Gasteiger partial charge is 0.494 e. The molecule has 5 rings (SSSR count). The number of ether oxygens (including phenoxy) is 3. The molecule has 0 aliphatic carbocycles. The lowest BCUT2D eigenvalue weighted by atomic mass is 9.94. The highest BCUT2D eigenvalue weighted by Gasteiger charge is 2.15. The van der Waals surface area contributed by atoms with E-state index >= 15 is 0 Å². The zero-order valence-electron chi connectivity index (χ0n) is 22.7. The number of benzene rings is 5. The van der Waals surface area contributed by atoms with Gasteiger partial charge in [0.2, 0.25) is 0 Å². The average molecular weight is 599 g/mol. The van der Waals surface area contributed by atoms with Crippen LogP contribution in [-0.4, -0.2) is 33.0 Å². The molecule has 6 heteroatoms. The van der Waals surface area contributed by atoms with E-state index in [0.717, 1.165) is 28.6 Å². The van der Waals surface area contributed by atoms with Gasteiger partial charge in [-0.3, -0.25) is 4.79 Å². The number of nitrogens with one attached hydrogen (secondary N) is 1. The van der Waals surface area contributed by atoms with E-state index in [9.17, 15) is 4.79 Å². The number of anilines is 1. The Morgan fingerprint density at radius 2 is 1.48 bits per heavy atom. The molecule has 0 aliphatic heterocycles. The van der Waals surface area contributed by atoms with Crippen molar-refractivity contribution in [1.29, 1.82) is 0 Å². The molecule has 0 saturated heterocycles. The summed E-state index contributed by atoms with van der Waals surface area (Å²) >= 11 is 3.41. The van der Waals surface area contributed by atoms with E-state index in [0.29, 0.717) is 24.3 Å². The van der Waals surface area contributed by atoms with Gasteiger partial charge >= 0.3 is 0 Å². The molecule has 1 N–H and O–H groups in total. The van der Waals surface area contributed by atoms with Crippen molar-refractivity contribution < 1.29 is 19.0 Å². The number of halogens is 1. The number of hydrogen-bond acceptors (Lipinski definition) is 4. The second kappa shape index (κ2) is 13.1. The maximum atomic E-state index is 12.9. The van der Waals surface area contributed by atoms with Gasteiger partial charge in [-0.1, -0.05) is 64.5 Å². The molecule has 0 bridgehead atoms. The fraction of sp³-hybridized carbons (Fsp3) is 0.206. The fourth-order valence-electron chi connectivity index (χ4n) is 5.01. The number of methoxy groups -OCH3 is 2. The van der Waals surface area contributed by atoms with Crippen LogP contribution in [0.3, 0.4) is 0 Å². The summed E-state index contributed by atoms with van der Waals surface area (Å²) in [6.45, 7) is 0.569. The summed E-state index contributed by atoms with van der Waals surface area (Å²) in [4.78, 5) is 12.9. The predicted molar refractivity (Wildman–Crippen MR) is 165 cm³/mol. The van der Waals surface area contributed by atoms with Crippen LogP contribution in [-0.2, 0) is 22.3 Å². The molecule has 1 amide bonds. The Kier molecular flexibility index (Phi) is 9.12. The Hall–Kier alpha value is -3.71. The summed E-state index contributed by atoms with van der Waals surface area (Å²) in [5, 5.41) is 8.13. The number of fused-ring (bicyclic) bond motifs is 2. The summed E-state index contributed by atoms with van der Waals surface area (Å²) in [5.74, 6) is 0.557. The van der Waals surface area contributed by atoms with E-state index in [1.165, 1.54) is 27.1 Å². The molecule has 0 aromatic heterocycles. The molecule has 5 aromatic carbocycles. The molecule has 40 heavy (non-hydrogen) atoms. The normalized spacial score (nSPS) is 11.3. The first-order valence-corrected chi connectivity index (χ1v) is 14.1. The zero-order valence-corrected chi connectivity index (χ0v) is 24.2. The van der Waals surface area contributed by atoms with Crippen LogP contribution >= 0.6 is 15.9 Å². The molecule has 0 aliphatic rings. The molecular weight excluding hydrogens is 566 g/mol. The van der Waals surface area contributed by atoms with E-state index in [2.05, 4.69) is 75.8 Å². The van der Waals surface area contributed by atoms with Crippen molar-refractivity contribution in [2.75, 3.05) is 26.1 Å². The lowest BCUT2D eigenvalue weighted by Crippen LogP contribution is -2.19. The third kappa shape index (κ3) is 6.53. The molecule has 0 atom stereocenters. The highest BCUT2D eigenvalue weighted by Crippen LogP contribution is 2.30. The fourth-order valence-corrected chi connectivity index (χ4v) is 5.27. The van der Waals surface area contributed by atoms with Crippen LogP contribution in [0.15, 0.2) is 102 Å².